The molecule has 1 unspecified atom stereocenters. The zero-order chi connectivity index (χ0) is 17.9. The number of hydrogen-bond acceptors (Lipinski definition) is 4. The summed E-state index contributed by atoms with van der Waals surface area (Å²) in [4.78, 5) is 30.2. The molecule has 8 heteroatoms. The highest BCUT2D eigenvalue weighted by molar-refractivity contribution is 14.0. The van der Waals surface area contributed by atoms with Gasteiger partial charge < -0.3 is 20.3 Å². The molecule has 0 saturated carbocycles. The maximum Gasteiger partial charge on any atom is 0.310 e. The van der Waals surface area contributed by atoms with Crippen LogP contribution in [0, 0.1) is 11.8 Å². The second-order valence-electron chi connectivity index (χ2n) is 6.22. The van der Waals surface area contributed by atoms with E-state index in [1.807, 2.05) is 27.7 Å². The van der Waals surface area contributed by atoms with Crippen molar-refractivity contribution >= 4 is 41.8 Å². The second-order valence-corrected chi connectivity index (χ2v) is 6.22. The molecule has 0 aromatic rings. The Kier molecular flexibility index (Phi) is 12.6. The topological polar surface area (TPSA) is 83.0 Å². The lowest BCUT2D eigenvalue weighted by Gasteiger charge is -2.34. The molecule has 0 bridgehead atoms. The number of guanidine groups is 1. The normalized spacial score (nSPS) is 17.7. The molecule has 1 amide bonds. The van der Waals surface area contributed by atoms with Crippen molar-refractivity contribution in [3.8, 4) is 0 Å². The third kappa shape index (κ3) is 8.73. The van der Waals surface area contributed by atoms with Crippen LogP contribution in [0.25, 0.3) is 0 Å². The summed E-state index contributed by atoms with van der Waals surface area (Å²) < 4.78 is 5.14. The minimum Gasteiger partial charge on any atom is -0.466 e. The Balaban J connectivity index is 0.00000576. The summed E-state index contributed by atoms with van der Waals surface area (Å²) in [6.07, 6.45) is 1.80. The average Bonchev–Trinajstić information content (AvgIpc) is 2.57. The Labute approximate surface area is 168 Å². The molecule has 146 valence electrons. The number of likely N-dealkylation sites (tertiary alicyclic amines) is 1. The Hall–Kier alpha value is -1.06. The lowest BCUT2D eigenvalue weighted by Crippen LogP contribution is -2.48. The molecule has 0 aliphatic carbocycles. The van der Waals surface area contributed by atoms with Gasteiger partial charge in [0.25, 0.3) is 0 Å². The summed E-state index contributed by atoms with van der Waals surface area (Å²) in [5.41, 5.74) is 0. The molecular formula is C17H33IN4O3. The minimum atomic E-state index is -0.123. The van der Waals surface area contributed by atoms with Crippen molar-refractivity contribution in [2.24, 2.45) is 16.8 Å². The number of esters is 1. The van der Waals surface area contributed by atoms with Crippen LogP contribution < -0.4 is 10.6 Å². The molecule has 0 aromatic heterocycles. The van der Waals surface area contributed by atoms with E-state index in [-0.39, 0.29) is 47.7 Å². The van der Waals surface area contributed by atoms with E-state index in [0.717, 1.165) is 31.9 Å². The van der Waals surface area contributed by atoms with Gasteiger partial charge in [-0.05, 0) is 26.7 Å². The van der Waals surface area contributed by atoms with Crippen LogP contribution in [0.2, 0.25) is 0 Å². The molecule has 1 aliphatic rings. The van der Waals surface area contributed by atoms with Gasteiger partial charge in [-0.15, -0.1) is 24.0 Å². The molecule has 2 N–H and O–H groups in total. The number of hydrogen-bond donors (Lipinski definition) is 2. The number of carbonyl (C=O) groups is 2. The van der Waals surface area contributed by atoms with Gasteiger partial charge in [-0.25, -0.2) is 0 Å². The average molecular weight is 468 g/mol. The van der Waals surface area contributed by atoms with Gasteiger partial charge in [-0.3, -0.25) is 14.6 Å². The van der Waals surface area contributed by atoms with E-state index in [4.69, 9.17) is 4.74 Å². The predicted octanol–water partition coefficient (Wildman–Crippen LogP) is 1.62. The van der Waals surface area contributed by atoms with E-state index >= 15 is 0 Å². The second kappa shape index (κ2) is 13.2. The number of piperidine rings is 1. The number of rotatable bonds is 7. The number of nitrogens with zero attached hydrogens (tertiary/aromatic N) is 2. The molecule has 0 spiro atoms. The van der Waals surface area contributed by atoms with Gasteiger partial charge in [0.05, 0.1) is 19.1 Å². The van der Waals surface area contributed by atoms with Gasteiger partial charge in [-0.2, -0.15) is 0 Å². The summed E-state index contributed by atoms with van der Waals surface area (Å²) in [6.45, 7) is 11.3. The number of aliphatic imine (C=N–C) groups is 1. The van der Waals surface area contributed by atoms with Crippen molar-refractivity contribution in [2.75, 3.05) is 39.3 Å². The van der Waals surface area contributed by atoms with E-state index in [0.29, 0.717) is 26.2 Å². The largest absolute Gasteiger partial charge is 0.466 e. The molecule has 1 fully saturated rings. The molecule has 1 saturated heterocycles. The van der Waals surface area contributed by atoms with Crippen LogP contribution in [0.5, 0.6) is 0 Å². The van der Waals surface area contributed by atoms with Crippen LogP contribution in [0.1, 0.15) is 40.5 Å². The highest BCUT2D eigenvalue weighted by Gasteiger charge is 2.28. The first-order valence-corrected chi connectivity index (χ1v) is 8.97. The summed E-state index contributed by atoms with van der Waals surface area (Å²) >= 11 is 0. The monoisotopic (exact) mass is 468 g/mol. The maximum atomic E-state index is 12.0. The van der Waals surface area contributed by atoms with E-state index < -0.39 is 0 Å². The quantitative estimate of drug-likeness (QED) is 0.195. The first kappa shape index (κ1) is 23.9. The number of carbonyl (C=O) groups excluding carboxylic acids is 2. The van der Waals surface area contributed by atoms with Gasteiger partial charge in [0.1, 0.15) is 0 Å². The van der Waals surface area contributed by atoms with E-state index in [1.54, 1.807) is 0 Å². The van der Waals surface area contributed by atoms with Crippen molar-refractivity contribution in [3.63, 3.8) is 0 Å². The highest BCUT2D eigenvalue weighted by atomic mass is 127. The first-order valence-electron chi connectivity index (χ1n) is 8.97. The van der Waals surface area contributed by atoms with Gasteiger partial charge in [0.15, 0.2) is 5.96 Å². The van der Waals surface area contributed by atoms with Gasteiger partial charge in [0, 0.05) is 32.1 Å². The molecule has 1 rings (SSSR count). The molecule has 25 heavy (non-hydrogen) atoms. The van der Waals surface area contributed by atoms with Crippen molar-refractivity contribution in [1.29, 1.82) is 0 Å². The molecule has 0 radical (unpaired) electrons. The van der Waals surface area contributed by atoms with Crippen LogP contribution in [0.4, 0.5) is 0 Å². The van der Waals surface area contributed by atoms with Gasteiger partial charge in [0.2, 0.25) is 5.91 Å². The summed E-state index contributed by atoms with van der Waals surface area (Å²) in [5.74, 6) is 0.598. The Morgan fingerprint density at radius 3 is 2.60 bits per heavy atom. The van der Waals surface area contributed by atoms with E-state index in [9.17, 15) is 9.59 Å². The Bertz CT molecular complexity index is 444. The van der Waals surface area contributed by atoms with E-state index in [2.05, 4.69) is 20.5 Å². The number of nitrogens with one attached hydrogen (secondary N) is 2. The standard InChI is InChI=1S/C17H32N4O3.HI/c1-5-18-17(20-10-9-19-15(22)13(3)4)21-11-7-8-14(12-21)16(23)24-6-2;/h13-14H,5-12H2,1-4H3,(H,18,20)(H,19,22);1H. The van der Waals surface area contributed by atoms with Gasteiger partial charge >= 0.3 is 5.97 Å². The van der Waals surface area contributed by atoms with Crippen LogP contribution >= 0.6 is 24.0 Å². The molecule has 7 nitrogen and oxygen atoms in total. The summed E-state index contributed by atoms with van der Waals surface area (Å²) in [7, 11) is 0. The van der Waals surface area contributed by atoms with Crippen molar-refractivity contribution in [3.05, 3.63) is 0 Å². The predicted molar refractivity (Wildman–Crippen MR) is 110 cm³/mol. The van der Waals surface area contributed by atoms with E-state index in [1.165, 1.54) is 0 Å². The summed E-state index contributed by atoms with van der Waals surface area (Å²) in [6, 6.07) is 0. The molecule has 1 aliphatic heterocycles. The lowest BCUT2D eigenvalue weighted by molar-refractivity contribution is -0.149. The lowest BCUT2D eigenvalue weighted by atomic mass is 9.98. The fourth-order valence-corrected chi connectivity index (χ4v) is 2.59. The molecule has 0 aromatic carbocycles. The fraction of sp³-hybridized carbons (Fsp3) is 0.824. The molecule has 1 heterocycles. The maximum absolute atomic E-state index is 12.0. The summed E-state index contributed by atoms with van der Waals surface area (Å²) in [5, 5.41) is 6.13. The van der Waals surface area contributed by atoms with Crippen molar-refractivity contribution in [1.82, 2.24) is 15.5 Å². The SMILES string of the molecule is CCNC(=NCCNC(=O)C(C)C)N1CCCC(C(=O)OCC)C1.I. The highest BCUT2D eigenvalue weighted by Crippen LogP contribution is 2.18. The van der Waals surface area contributed by atoms with Crippen molar-refractivity contribution in [2.45, 2.75) is 40.5 Å². The first-order chi connectivity index (χ1) is 11.5. The third-order valence-corrected chi connectivity index (χ3v) is 3.87. The van der Waals surface area contributed by atoms with Gasteiger partial charge in [-0.1, -0.05) is 13.8 Å². The Morgan fingerprint density at radius 1 is 1.28 bits per heavy atom. The zero-order valence-electron chi connectivity index (χ0n) is 15.8. The van der Waals surface area contributed by atoms with Crippen LogP contribution in [-0.2, 0) is 14.3 Å². The number of amides is 1. The van der Waals surface area contributed by atoms with Crippen molar-refractivity contribution < 1.29 is 14.3 Å². The van der Waals surface area contributed by atoms with Crippen LogP contribution in [-0.4, -0.2) is 62.1 Å². The fourth-order valence-electron chi connectivity index (χ4n) is 2.59. The van der Waals surface area contributed by atoms with Crippen LogP contribution in [0.15, 0.2) is 4.99 Å². The van der Waals surface area contributed by atoms with Crippen LogP contribution in [0.3, 0.4) is 0 Å². The molecule has 1 atom stereocenters. The number of ether oxygens (including phenoxy) is 1. The molecular weight excluding hydrogens is 435 g/mol. The smallest absolute Gasteiger partial charge is 0.310 e. The third-order valence-electron chi connectivity index (χ3n) is 3.87. The number of halogens is 1. The zero-order valence-corrected chi connectivity index (χ0v) is 18.2. The Morgan fingerprint density at radius 2 is 2.00 bits per heavy atom. The minimum absolute atomic E-state index is 0.